The van der Waals surface area contributed by atoms with Crippen LogP contribution in [0.1, 0.15) is 116 Å². The van der Waals surface area contributed by atoms with Gasteiger partial charge in [-0.1, -0.05) is 92.1 Å². The Hall–Kier alpha value is -2.25. The molecule has 0 spiro atoms. The molecule has 0 aromatic heterocycles. The maximum Gasteiger partial charge on any atom is 0.0502 e. The second-order valence-corrected chi connectivity index (χ2v) is 14.9. The van der Waals surface area contributed by atoms with Gasteiger partial charge in [-0.3, -0.25) is 0 Å². The van der Waals surface area contributed by atoms with Crippen LogP contribution in [-0.4, -0.2) is 0 Å². The van der Waals surface area contributed by atoms with E-state index in [1.807, 2.05) is 0 Å². The fourth-order valence-corrected chi connectivity index (χ4v) is 7.25. The lowest BCUT2D eigenvalue weighted by Crippen LogP contribution is -2.35. The van der Waals surface area contributed by atoms with Crippen LogP contribution in [0.25, 0.3) is 0 Å². The van der Waals surface area contributed by atoms with Gasteiger partial charge < -0.3 is 4.90 Å². The van der Waals surface area contributed by atoms with Crippen LogP contribution in [0.4, 0.5) is 17.1 Å². The summed E-state index contributed by atoms with van der Waals surface area (Å²) < 4.78 is 0. The lowest BCUT2D eigenvalue weighted by Gasteiger charge is -2.45. The molecule has 0 fully saturated rings. The molecule has 0 radical (unpaired) electrons. The Balaban J connectivity index is 1.82. The standard InChI is InChI=1S/C36H46ClN/c1-10-24-20-25(37)22-27(21-24)38(26-14-15-28-30(23-26)35(6,7)17-16-33(28,2)3)31-13-11-12-29-32(31)36(8,9)19-18-34(29,4)5/h11-15,20-23H,10,16-19H2,1-9H3. The van der Waals surface area contributed by atoms with Crippen molar-refractivity contribution in [2.24, 2.45) is 0 Å². The van der Waals surface area contributed by atoms with Crippen molar-refractivity contribution in [1.82, 2.24) is 0 Å². The summed E-state index contributed by atoms with van der Waals surface area (Å²) >= 11 is 6.76. The van der Waals surface area contributed by atoms with E-state index < -0.39 is 0 Å². The first-order chi connectivity index (χ1) is 17.7. The van der Waals surface area contributed by atoms with Crippen molar-refractivity contribution in [2.45, 2.75) is 116 Å². The van der Waals surface area contributed by atoms with Gasteiger partial charge in [-0.25, -0.2) is 0 Å². The number of rotatable bonds is 4. The van der Waals surface area contributed by atoms with Gasteiger partial charge in [-0.15, -0.1) is 0 Å². The minimum Gasteiger partial charge on any atom is -0.310 e. The van der Waals surface area contributed by atoms with Crippen molar-refractivity contribution in [3.8, 4) is 0 Å². The molecule has 38 heavy (non-hydrogen) atoms. The van der Waals surface area contributed by atoms with Crippen LogP contribution < -0.4 is 4.90 Å². The Morgan fingerprint density at radius 3 is 1.89 bits per heavy atom. The summed E-state index contributed by atoms with van der Waals surface area (Å²) in [7, 11) is 0. The van der Waals surface area contributed by atoms with E-state index in [1.165, 1.54) is 64.9 Å². The number of halogens is 1. The summed E-state index contributed by atoms with van der Waals surface area (Å²) in [5, 5.41) is 0.799. The molecular weight excluding hydrogens is 482 g/mol. The highest BCUT2D eigenvalue weighted by molar-refractivity contribution is 6.31. The molecule has 0 atom stereocenters. The first-order valence-corrected chi connectivity index (χ1v) is 14.9. The normalized spacial score (nSPS) is 20.4. The Bertz CT molecular complexity index is 1370. The molecule has 0 saturated heterocycles. The fourth-order valence-electron chi connectivity index (χ4n) is 7.00. The molecule has 3 aromatic rings. The summed E-state index contributed by atoms with van der Waals surface area (Å²) in [6.07, 6.45) is 5.77. The van der Waals surface area contributed by atoms with Gasteiger partial charge >= 0.3 is 0 Å². The first-order valence-electron chi connectivity index (χ1n) is 14.5. The van der Waals surface area contributed by atoms with E-state index in [2.05, 4.69) is 122 Å². The molecule has 3 aromatic carbocycles. The average molecular weight is 528 g/mol. The molecule has 0 amide bonds. The molecule has 0 unspecified atom stereocenters. The topological polar surface area (TPSA) is 3.24 Å². The van der Waals surface area contributed by atoms with Crippen LogP contribution in [0.3, 0.4) is 0 Å². The molecule has 2 heteroatoms. The van der Waals surface area contributed by atoms with Crippen molar-refractivity contribution in [2.75, 3.05) is 4.90 Å². The van der Waals surface area contributed by atoms with Crippen molar-refractivity contribution >= 4 is 28.7 Å². The highest BCUT2D eigenvalue weighted by atomic mass is 35.5. The minimum absolute atomic E-state index is 0.0847. The molecule has 1 nitrogen and oxygen atoms in total. The maximum atomic E-state index is 6.76. The maximum absolute atomic E-state index is 6.76. The van der Waals surface area contributed by atoms with Gasteiger partial charge in [0.1, 0.15) is 0 Å². The summed E-state index contributed by atoms with van der Waals surface area (Å²) in [6.45, 7) is 21.5. The lowest BCUT2D eigenvalue weighted by molar-refractivity contribution is 0.331. The molecule has 202 valence electrons. The van der Waals surface area contributed by atoms with E-state index in [0.717, 1.165) is 17.1 Å². The highest BCUT2D eigenvalue weighted by Crippen LogP contribution is 2.53. The van der Waals surface area contributed by atoms with Crippen molar-refractivity contribution < 1.29 is 0 Å². The van der Waals surface area contributed by atoms with E-state index in [-0.39, 0.29) is 21.7 Å². The number of fused-ring (bicyclic) bond motifs is 2. The summed E-state index contributed by atoms with van der Waals surface area (Å²) in [6, 6.07) is 20.8. The second kappa shape index (κ2) is 9.16. The van der Waals surface area contributed by atoms with Crippen molar-refractivity contribution in [3.05, 3.63) is 87.4 Å². The van der Waals surface area contributed by atoms with E-state index in [0.29, 0.717) is 0 Å². The van der Waals surface area contributed by atoms with Crippen LogP contribution in [0.15, 0.2) is 54.6 Å². The monoisotopic (exact) mass is 527 g/mol. The third kappa shape index (κ3) is 4.60. The quantitative estimate of drug-likeness (QED) is 0.326. The molecule has 2 aliphatic carbocycles. The Morgan fingerprint density at radius 1 is 0.632 bits per heavy atom. The van der Waals surface area contributed by atoms with Crippen LogP contribution in [-0.2, 0) is 28.1 Å². The van der Waals surface area contributed by atoms with Crippen molar-refractivity contribution in [1.29, 1.82) is 0 Å². The number of aryl methyl sites for hydroxylation is 1. The van der Waals surface area contributed by atoms with E-state index in [1.54, 1.807) is 0 Å². The Morgan fingerprint density at radius 2 is 1.24 bits per heavy atom. The van der Waals surface area contributed by atoms with Crippen molar-refractivity contribution in [3.63, 3.8) is 0 Å². The Labute approximate surface area is 236 Å². The zero-order valence-electron chi connectivity index (χ0n) is 25.1. The molecule has 5 rings (SSSR count). The zero-order chi connectivity index (χ0) is 27.7. The minimum atomic E-state index is 0.0847. The molecule has 0 aliphatic heterocycles. The SMILES string of the molecule is CCc1cc(Cl)cc(N(c2ccc3c(c2)C(C)(C)CCC3(C)C)c2cccc3c2C(C)(C)CCC3(C)C)c1. The highest BCUT2D eigenvalue weighted by Gasteiger charge is 2.41. The largest absolute Gasteiger partial charge is 0.310 e. The van der Waals surface area contributed by atoms with E-state index in [9.17, 15) is 0 Å². The fraction of sp³-hybridized carbons (Fsp3) is 0.500. The third-order valence-electron chi connectivity index (χ3n) is 9.77. The van der Waals surface area contributed by atoms with Gasteiger partial charge in [0, 0.05) is 16.4 Å². The van der Waals surface area contributed by atoms with Crippen LogP contribution in [0, 0.1) is 0 Å². The van der Waals surface area contributed by atoms with Gasteiger partial charge in [-0.2, -0.15) is 0 Å². The Kier molecular flexibility index (Phi) is 6.58. The molecule has 0 saturated carbocycles. The molecule has 0 heterocycles. The predicted molar refractivity (Wildman–Crippen MR) is 166 cm³/mol. The molecule has 0 N–H and O–H groups in total. The molecule has 2 aliphatic rings. The number of hydrogen-bond acceptors (Lipinski definition) is 1. The first kappa shape index (κ1) is 27.3. The van der Waals surface area contributed by atoms with Gasteiger partial charge in [0.05, 0.1) is 5.69 Å². The lowest BCUT2D eigenvalue weighted by atomic mass is 9.62. The third-order valence-corrected chi connectivity index (χ3v) is 9.99. The summed E-state index contributed by atoms with van der Waals surface area (Å²) in [5.74, 6) is 0. The summed E-state index contributed by atoms with van der Waals surface area (Å²) in [4.78, 5) is 2.50. The number of anilines is 3. The number of nitrogens with zero attached hydrogens (tertiary/aromatic N) is 1. The van der Waals surface area contributed by atoms with Crippen LogP contribution in [0.5, 0.6) is 0 Å². The van der Waals surface area contributed by atoms with E-state index >= 15 is 0 Å². The number of hydrogen-bond donors (Lipinski definition) is 0. The van der Waals surface area contributed by atoms with Gasteiger partial charge in [0.15, 0.2) is 0 Å². The second-order valence-electron chi connectivity index (χ2n) is 14.5. The molecular formula is C36H46ClN. The van der Waals surface area contributed by atoms with Gasteiger partial charge in [0.2, 0.25) is 0 Å². The van der Waals surface area contributed by atoms with Crippen LogP contribution >= 0.6 is 11.6 Å². The van der Waals surface area contributed by atoms with Gasteiger partial charge in [0.25, 0.3) is 0 Å². The average Bonchev–Trinajstić information content (AvgIpc) is 2.85. The van der Waals surface area contributed by atoms with Gasteiger partial charge in [-0.05, 0) is 118 Å². The van der Waals surface area contributed by atoms with E-state index in [4.69, 9.17) is 11.6 Å². The number of benzene rings is 3. The smallest absolute Gasteiger partial charge is 0.0502 e. The molecule has 0 bridgehead atoms. The van der Waals surface area contributed by atoms with Crippen LogP contribution in [0.2, 0.25) is 5.02 Å². The predicted octanol–water partition coefficient (Wildman–Crippen LogP) is 11.1. The summed E-state index contributed by atoms with van der Waals surface area (Å²) in [5.41, 5.74) is 11.4. The zero-order valence-corrected chi connectivity index (χ0v) is 25.8.